The average Bonchev–Trinajstić information content (AvgIpc) is 3.11. The van der Waals surface area contributed by atoms with Crippen LogP contribution >= 0.6 is 0 Å². The molecule has 0 spiro atoms. The Morgan fingerprint density at radius 2 is 1.12 bits per heavy atom. The largest absolute Gasteiger partial charge is 0.264 e. The first-order valence-corrected chi connectivity index (χ1v) is 16.5. The molecule has 4 aromatic carbocycles. The topological polar surface area (TPSA) is 55.4 Å². The van der Waals surface area contributed by atoms with E-state index in [0.29, 0.717) is 18.2 Å². The summed E-state index contributed by atoms with van der Waals surface area (Å²) in [5, 5.41) is 2.52. The summed E-state index contributed by atoms with van der Waals surface area (Å²) in [6, 6.07) is 39.9. The summed E-state index contributed by atoms with van der Waals surface area (Å²) in [5.74, 6) is 2.09. The number of hydrogen-bond acceptors (Lipinski definition) is 4. The van der Waals surface area contributed by atoms with Gasteiger partial charge in [0.05, 0.1) is 10.8 Å². The van der Waals surface area contributed by atoms with E-state index in [9.17, 15) is 0 Å². The lowest BCUT2D eigenvalue weighted by Gasteiger charge is -2.24. The summed E-state index contributed by atoms with van der Waals surface area (Å²) in [6.07, 6.45) is 8.28. The number of pyridine rings is 2. The molecule has 0 bridgehead atoms. The van der Waals surface area contributed by atoms with Crippen molar-refractivity contribution in [3.63, 3.8) is 0 Å². The molecule has 0 aliphatic rings. The fourth-order valence-electron chi connectivity index (χ4n) is 6.33. The first-order valence-electron chi connectivity index (χ1n) is 16.5. The number of aromatic nitrogens is 5. The number of rotatable bonds is 7. The predicted octanol–water partition coefficient (Wildman–Crippen LogP) is 9.65. The van der Waals surface area contributed by atoms with Crippen LogP contribution in [0.25, 0.3) is 55.8 Å². The molecule has 0 unspecified atom stereocenters. The van der Waals surface area contributed by atoms with E-state index in [0.717, 1.165) is 28.1 Å². The Morgan fingerprint density at radius 3 is 1.75 bits per heavy atom. The van der Waals surface area contributed by atoms with E-state index in [4.69, 9.17) is 15.0 Å². The second-order valence-corrected chi connectivity index (χ2v) is 14.1. The molecule has 0 atom stereocenters. The predicted molar refractivity (Wildman–Crippen MR) is 195 cm³/mol. The maximum Gasteiger partial charge on any atom is 0.177 e. The molecule has 7 rings (SSSR count). The van der Waals surface area contributed by atoms with Crippen LogP contribution in [0.5, 0.6) is 0 Å². The first kappa shape index (κ1) is 31.1. The molecule has 236 valence electrons. The average molecular weight is 627 g/mol. The van der Waals surface area contributed by atoms with E-state index in [1.165, 1.54) is 27.5 Å². The van der Waals surface area contributed by atoms with Crippen LogP contribution < -0.4 is 4.57 Å². The van der Waals surface area contributed by atoms with Gasteiger partial charge in [0.1, 0.15) is 5.82 Å². The van der Waals surface area contributed by atoms with Gasteiger partial charge in [-0.15, -0.1) is 0 Å². The van der Waals surface area contributed by atoms with Gasteiger partial charge in [0, 0.05) is 29.1 Å². The number of benzene rings is 4. The lowest BCUT2D eigenvalue weighted by atomic mass is 9.83. The Balaban J connectivity index is 1.33. The highest BCUT2D eigenvalue weighted by atomic mass is 15.1. The van der Waals surface area contributed by atoms with E-state index >= 15 is 0 Å². The Morgan fingerprint density at radius 1 is 0.521 bits per heavy atom. The Bertz CT molecular complexity index is 2190. The lowest BCUT2D eigenvalue weighted by molar-refractivity contribution is -0.703. The van der Waals surface area contributed by atoms with Crippen molar-refractivity contribution >= 4 is 10.8 Å². The molecule has 0 aliphatic carbocycles. The third kappa shape index (κ3) is 6.37. The molecule has 0 N–H and O–H groups in total. The normalized spacial score (nSPS) is 11.9. The van der Waals surface area contributed by atoms with Crippen LogP contribution in [0.15, 0.2) is 140 Å². The molecular weight excluding hydrogens is 587 g/mol. The highest BCUT2D eigenvalue weighted by molar-refractivity contribution is 5.97. The van der Waals surface area contributed by atoms with Crippen molar-refractivity contribution in [3.05, 3.63) is 151 Å². The minimum Gasteiger partial charge on any atom is -0.264 e. The van der Waals surface area contributed by atoms with E-state index in [-0.39, 0.29) is 5.41 Å². The van der Waals surface area contributed by atoms with Gasteiger partial charge < -0.3 is 0 Å². The standard InChI is InChI=1S/C43H40N5/c1-42(2,3)38-28-48(27-37-35(19-12-20-36(37)38)31-14-8-6-9-15-31)29-43(4,5)41-46-39(32-16-10-7-11-17-32)45-40(47-41)33-23-21-30(22-24-33)34-18-13-25-44-26-34/h6-28H,29H2,1-5H3/q+1. The van der Waals surface area contributed by atoms with Crippen LogP contribution in [-0.4, -0.2) is 19.9 Å². The number of fused-ring (bicyclic) bond motifs is 1. The van der Waals surface area contributed by atoms with Crippen LogP contribution in [-0.2, 0) is 17.4 Å². The van der Waals surface area contributed by atoms with Crippen molar-refractivity contribution < 1.29 is 4.57 Å². The van der Waals surface area contributed by atoms with Crippen molar-refractivity contribution in [2.45, 2.75) is 52.0 Å². The molecule has 0 aliphatic heterocycles. The molecular formula is C43H40N5+. The highest BCUT2D eigenvalue weighted by Gasteiger charge is 2.32. The van der Waals surface area contributed by atoms with Crippen LogP contribution in [0.4, 0.5) is 0 Å². The fourth-order valence-corrected chi connectivity index (χ4v) is 6.33. The maximum absolute atomic E-state index is 5.15. The van der Waals surface area contributed by atoms with Crippen molar-refractivity contribution in [3.8, 4) is 45.0 Å². The van der Waals surface area contributed by atoms with Gasteiger partial charge in [0.2, 0.25) is 0 Å². The van der Waals surface area contributed by atoms with Crippen LogP contribution in [0, 0.1) is 0 Å². The minimum absolute atomic E-state index is 0.0521. The Kier molecular flexibility index (Phi) is 8.14. The molecule has 0 saturated carbocycles. The molecule has 7 aromatic rings. The molecule has 5 nitrogen and oxygen atoms in total. The van der Waals surface area contributed by atoms with Crippen LogP contribution in [0.3, 0.4) is 0 Å². The zero-order chi connectivity index (χ0) is 33.3. The fraction of sp³-hybridized carbons (Fsp3) is 0.186. The Hall–Kier alpha value is -5.55. The van der Waals surface area contributed by atoms with Gasteiger partial charge >= 0.3 is 0 Å². The zero-order valence-corrected chi connectivity index (χ0v) is 28.2. The highest BCUT2D eigenvalue weighted by Crippen LogP contribution is 2.35. The quantitative estimate of drug-likeness (QED) is 0.165. The SMILES string of the molecule is CC(C)(C)c1c[n+](CC(C)(C)c2nc(-c3ccccc3)nc(-c3ccc(-c4cccnc4)cc3)n2)cc2c(-c3ccccc3)cccc12. The van der Waals surface area contributed by atoms with E-state index < -0.39 is 5.41 Å². The molecule has 0 amide bonds. The first-order chi connectivity index (χ1) is 23.2. The molecule has 3 heterocycles. The van der Waals surface area contributed by atoms with Gasteiger partial charge in [-0.1, -0.05) is 130 Å². The van der Waals surface area contributed by atoms with E-state index in [1.54, 1.807) is 6.20 Å². The van der Waals surface area contributed by atoms with Gasteiger partial charge in [-0.3, -0.25) is 4.98 Å². The molecule has 3 aromatic heterocycles. The molecule has 0 radical (unpaired) electrons. The van der Waals surface area contributed by atoms with Crippen LogP contribution in [0.1, 0.15) is 46.0 Å². The summed E-state index contributed by atoms with van der Waals surface area (Å²) in [4.78, 5) is 19.5. The molecule has 0 saturated heterocycles. The summed E-state index contributed by atoms with van der Waals surface area (Å²) in [5.41, 5.74) is 7.36. The summed E-state index contributed by atoms with van der Waals surface area (Å²) in [6.45, 7) is 12.0. The Labute approximate surface area is 283 Å². The van der Waals surface area contributed by atoms with Crippen molar-refractivity contribution in [1.82, 2.24) is 19.9 Å². The van der Waals surface area contributed by atoms with E-state index in [1.807, 2.05) is 30.5 Å². The second-order valence-electron chi connectivity index (χ2n) is 14.1. The second kappa shape index (κ2) is 12.6. The third-order valence-electron chi connectivity index (χ3n) is 8.87. The van der Waals surface area contributed by atoms with E-state index in [2.05, 4.69) is 148 Å². The summed E-state index contributed by atoms with van der Waals surface area (Å²) >= 11 is 0. The maximum atomic E-state index is 5.15. The van der Waals surface area contributed by atoms with Gasteiger partial charge in [0.15, 0.2) is 30.6 Å². The third-order valence-corrected chi connectivity index (χ3v) is 8.87. The van der Waals surface area contributed by atoms with Crippen LogP contribution in [0.2, 0.25) is 0 Å². The minimum atomic E-state index is -0.425. The van der Waals surface area contributed by atoms with Crippen molar-refractivity contribution in [1.29, 1.82) is 0 Å². The molecule has 5 heteroatoms. The summed E-state index contributed by atoms with van der Waals surface area (Å²) < 4.78 is 2.34. The summed E-state index contributed by atoms with van der Waals surface area (Å²) in [7, 11) is 0. The van der Waals surface area contributed by atoms with Crippen molar-refractivity contribution in [2.24, 2.45) is 0 Å². The monoisotopic (exact) mass is 626 g/mol. The number of hydrogen-bond donors (Lipinski definition) is 0. The van der Waals surface area contributed by atoms with Crippen molar-refractivity contribution in [2.75, 3.05) is 0 Å². The molecule has 48 heavy (non-hydrogen) atoms. The van der Waals surface area contributed by atoms with Gasteiger partial charge in [0.25, 0.3) is 0 Å². The van der Waals surface area contributed by atoms with Gasteiger partial charge in [-0.25, -0.2) is 19.5 Å². The smallest absolute Gasteiger partial charge is 0.177 e. The number of nitrogens with zero attached hydrogens (tertiary/aromatic N) is 5. The lowest BCUT2D eigenvalue weighted by Crippen LogP contribution is -2.44. The molecule has 0 fully saturated rings. The van der Waals surface area contributed by atoms with Gasteiger partial charge in [-0.2, -0.15) is 0 Å². The van der Waals surface area contributed by atoms with Gasteiger partial charge in [-0.05, 0) is 53.0 Å². The zero-order valence-electron chi connectivity index (χ0n) is 28.2.